The smallest absolute Gasteiger partial charge is 0.227 e. The van der Waals surface area contributed by atoms with Crippen molar-refractivity contribution in [3.05, 3.63) is 54.1 Å². The summed E-state index contributed by atoms with van der Waals surface area (Å²) in [5.41, 5.74) is 1.64. The topological polar surface area (TPSA) is 67.9 Å². The van der Waals surface area contributed by atoms with Crippen LogP contribution in [0, 0.1) is 5.92 Å². The van der Waals surface area contributed by atoms with Crippen LogP contribution in [0.2, 0.25) is 0 Å². The summed E-state index contributed by atoms with van der Waals surface area (Å²) < 4.78 is 10.5. The molecule has 2 atom stereocenters. The zero-order chi connectivity index (χ0) is 19.4. The van der Waals surface area contributed by atoms with E-state index in [1.165, 1.54) is 0 Å². The molecule has 2 aromatic carbocycles. The van der Waals surface area contributed by atoms with Crippen LogP contribution in [0.3, 0.4) is 0 Å². The van der Waals surface area contributed by atoms with Gasteiger partial charge in [-0.1, -0.05) is 12.1 Å². The number of anilines is 1. The lowest BCUT2D eigenvalue weighted by Gasteiger charge is -2.40. The van der Waals surface area contributed by atoms with E-state index in [2.05, 4.69) is 5.32 Å². The van der Waals surface area contributed by atoms with E-state index in [0.717, 1.165) is 17.0 Å². The van der Waals surface area contributed by atoms with Gasteiger partial charge in [0.25, 0.3) is 0 Å². The molecule has 1 fully saturated rings. The van der Waals surface area contributed by atoms with Gasteiger partial charge < -0.3 is 19.7 Å². The van der Waals surface area contributed by atoms with Crippen molar-refractivity contribution in [1.29, 1.82) is 0 Å². The Hall–Kier alpha value is -3.02. The molecule has 0 radical (unpaired) electrons. The second kappa shape index (κ2) is 8.12. The van der Waals surface area contributed by atoms with Gasteiger partial charge in [0.05, 0.1) is 26.2 Å². The molecule has 1 saturated heterocycles. The first-order chi connectivity index (χ1) is 13.1. The fraction of sp³-hybridized carbons (Fsp3) is 0.333. The van der Waals surface area contributed by atoms with Gasteiger partial charge in [0.15, 0.2) is 0 Å². The van der Waals surface area contributed by atoms with Gasteiger partial charge in [-0.15, -0.1) is 0 Å². The number of rotatable bonds is 5. The lowest BCUT2D eigenvalue weighted by atomic mass is 9.83. The van der Waals surface area contributed by atoms with E-state index in [-0.39, 0.29) is 23.8 Å². The van der Waals surface area contributed by atoms with Crippen LogP contribution in [-0.2, 0) is 9.59 Å². The third kappa shape index (κ3) is 3.74. The Bertz CT molecular complexity index is 802. The fourth-order valence-electron chi connectivity index (χ4n) is 3.58. The van der Waals surface area contributed by atoms with Gasteiger partial charge in [0.2, 0.25) is 11.8 Å². The molecule has 6 nitrogen and oxygen atoms in total. The molecule has 1 heterocycles. The molecule has 2 aromatic rings. The first-order valence-corrected chi connectivity index (χ1v) is 8.90. The number of hydrogen-bond donors (Lipinski definition) is 1. The minimum Gasteiger partial charge on any atom is -0.497 e. The highest BCUT2D eigenvalue weighted by Gasteiger charge is 2.41. The van der Waals surface area contributed by atoms with Crippen LogP contribution in [0.1, 0.15) is 24.4 Å². The number of ether oxygens (including phenoxy) is 2. The number of piperidine rings is 1. The molecule has 142 valence electrons. The standard InChI is InChI=1S/C21H24N2O4/c1-22-21(25)18-12-13-19(24)23(15-6-10-17(27-3)11-7-15)20(18)14-4-8-16(26-2)9-5-14/h4-11,18,20H,12-13H2,1-3H3,(H,22,25). The Balaban J connectivity index is 2.06. The van der Waals surface area contributed by atoms with Gasteiger partial charge in [-0.3, -0.25) is 9.59 Å². The maximum absolute atomic E-state index is 12.9. The maximum Gasteiger partial charge on any atom is 0.227 e. The monoisotopic (exact) mass is 368 g/mol. The van der Waals surface area contributed by atoms with E-state index in [1.54, 1.807) is 26.2 Å². The highest BCUT2D eigenvalue weighted by atomic mass is 16.5. The minimum absolute atomic E-state index is 0.00105. The van der Waals surface area contributed by atoms with Gasteiger partial charge in [-0.2, -0.15) is 0 Å². The van der Waals surface area contributed by atoms with Crippen molar-refractivity contribution in [3.63, 3.8) is 0 Å². The van der Waals surface area contributed by atoms with Crippen LogP contribution in [0.15, 0.2) is 48.5 Å². The molecule has 0 spiro atoms. The molecule has 0 saturated carbocycles. The molecule has 6 heteroatoms. The average Bonchev–Trinajstić information content (AvgIpc) is 2.73. The number of hydrogen-bond acceptors (Lipinski definition) is 4. The summed E-state index contributed by atoms with van der Waals surface area (Å²) in [6.45, 7) is 0. The zero-order valence-electron chi connectivity index (χ0n) is 15.8. The summed E-state index contributed by atoms with van der Waals surface area (Å²) in [6, 6.07) is 14.5. The Kier molecular flexibility index (Phi) is 5.64. The molecule has 27 heavy (non-hydrogen) atoms. The molecule has 1 N–H and O–H groups in total. The summed E-state index contributed by atoms with van der Waals surface area (Å²) >= 11 is 0. The van der Waals surface area contributed by atoms with E-state index >= 15 is 0 Å². The van der Waals surface area contributed by atoms with Crippen molar-refractivity contribution >= 4 is 17.5 Å². The largest absolute Gasteiger partial charge is 0.497 e. The normalized spacial score (nSPS) is 19.5. The van der Waals surface area contributed by atoms with Crippen molar-refractivity contribution in [2.24, 2.45) is 5.92 Å². The predicted octanol–water partition coefficient (Wildman–Crippen LogP) is 2.93. The lowest BCUT2D eigenvalue weighted by molar-refractivity contribution is -0.128. The molecule has 0 aliphatic carbocycles. The van der Waals surface area contributed by atoms with E-state index in [9.17, 15) is 9.59 Å². The molecule has 2 unspecified atom stereocenters. The first kappa shape index (κ1) is 18.8. The minimum atomic E-state index is -0.384. The molecule has 2 amide bonds. The number of amides is 2. The van der Waals surface area contributed by atoms with Crippen LogP contribution in [-0.4, -0.2) is 33.1 Å². The quantitative estimate of drug-likeness (QED) is 0.881. The Morgan fingerprint density at radius 2 is 1.56 bits per heavy atom. The summed E-state index contributed by atoms with van der Waals surface area (Å²) in [5.74, 6) is 1.05. The molecular formula is C21H24N2O4. The third-order valence-corrected chi connectivity index (χ3v) is 4.99. The Labute approximate surface area is 159 Å². The Morgan fingerprint density at radius 1 is 1.00 bits per heavy atom. The van der Waals surface area contributed by atoms with Gasteiger partial charge in [0.1, 0.15) is 11.5 Å². The molecular weight excluding hydrogens is 344 g/mol. The van der Waals surface area contributed by atoms with E-state index in [4.69, 9.17) is 9.47 Å². The van der Waals surface area contributed by atoms with Crippen LogP contribution in [0.5, 0.6) is 11.5 Å². The summed E-state index contributed by atoms with van der Waals surface area (Å²) in [6.07, 6.45) is 0.846. The molecule has 0 aromatic heterocycles. The van der Waals surface area contributed by atoms with E-state index in [0.29, 0.717) is 18.6 Å². The van der Waals surface area contributed by atoms with Crippen molar-refractivity contribution < 1.29 is 19.1 Å². The molecule has 3 rings (SSSR count). The highest BCUT2D eigenvalue weighted by Crippen LogP contribution is 2.40. The van der Waals surface area contributed by atoms with E-state index in [1.807, 2.05) is 48.5 Å². The number of carbonyl (C=O) groups is 2. The van der Waals surface area contributed by atoms with Gasteiger partial charge >= 0.3 is 0 Å². The molecule has 0 bridgehead atoms. The molecule has 1 aliphatic heterocycles. The SMILES string of the molecule is CNC(=O)C1CCC(=O)N(c2ccc(OC)cc2)C1c1ccc(OC)cc1. The highest BCUT2D eigenvalue weighted by molar-refractivity contribution is 5.97. The summed E-state index contributed by atoms with van der Waals surface area (Å²) in [7, 11) is 4.83. The summed E-state index contributed by atoms with van der Waals surface area (Å²) in [4.78, 5) is 27.1. The van der Waals surface area contributed by atoms with Crippen LogP contribution >= 0.6 is 0 Å². The van der Waals surface area contributed by atoms with Crippen LogP contribution in [0.25, 0.3) is 0 Å². The average molecular weight is 368 g/mol. The summed E-state index contributed by atoms with van der Waals surface area (Å²) in [5, 5.41) is 2.74. The van der Waals surface area contributed by atoms with Crippen molar-refractivity contribution in [3.8, 4) is 11.5 Å². The number of nitrogens with zero attached hydrogens (tertiary/aromatic N) is 1. The van der Waals surface area contributed by atoms with Gasteiger partial charge in [-0.25, -0.2) is 0 Å². The number of carbonyl (C=O) groups excluding carboxylic acids is 2. The van der Waals surface area contributed by atoms with Crippen molar-refractivity contribution in [1.82, 2.24) is 5.32 Å². The predicted molar refractivity (Wildman–Crippen MR) is 103 cm³/mol. The van der Waals surface area contributed by atoms with Gasteiger partial charge in [0, 0.05) is 19.2 Å². The van der Waals surface area contributed by atoms with Gasteiger partial charge in [-0.05, 0) is 48.4 Å². The second-order valence-electron chi connectivity index (χ2n) is 6.44. The number of nitrogens with one attached hydrogen (secondary N) is 1. The van der Waals surface area contributed by atoms with E-state index < -0.39 is 0 Å². The van der Waals surface area contributed by atoms with Crippen molar-refractivity contribution in [2.75, 3.05) is 26.2 Å². The zero-order valence-corrected chi connectivity index (χ0v) is 15.8. The number of benzene rings is 2. The lowest BCUT2D eigenvalue weighted by Crippen LogP contribution is -2.47. The second-order valence-corrected chi connectivity index (χ2v) is 6.44. The third-order valence-electron chi connectivity index (χ3n) is 4.99. The first-order valence-electron chi connectivity index (χ1n) is 8.90. The molecule has 1 aliphatic rings. The van der Waals surface area contributed by atoms with Crippen LogP contribution < -0.4 is 19.7 Å². The van der Waals surface area contributed by atoms with Crippen LogP contribution in [0.4, 0.5) is 5.69 Å². The van der Waals surface area contributed by atoms with Crippen molar-refractivity contribution in [2.45, 2.75) is 18.9 Å². The Morgan fingerprint density at radius 3 is 2.07 bits per heavy atom. The fourth-order valence-corrected chi connectivity index (χ4v) is 3.58. The maximum atomic E-state index is 12.9. The number of methoxy groups -OCH3 is 2.